The van der Waals surface area contributed by atoms with E-state index in [1.807, 2.05) is 4.90 Å². The molecule has 2 aromatic rings. The maximum absolute atomic E-state index is 13.4. The molecule has 2 unspecified atom stereocenters. The summed E-state index contributed by atoms with van der Waals surface area (Å²) >= 11 is 1.53. The van der Waals surface area contributed by atoms with Crippen LogP contribution in [0.2, 0.25) is 0 Å². The number of aliphatic hydroxyl groups is 1. The number of fused-ring (bicyclic) bond motifs is 1. The van der Waals surface area contributed by atoms with Crippen molar-refractivity contribution in [2.75, 3.05) is 13.1 Å². The Balaban J connectivity index is 0.00000210. The molecule has 1 fully saturated rings. The van der Waals surface area contributed by atoms with Crippen LogP contribution in [0, 0.1) is 11.6 Å². The molecule has 2 heterocycles. The van der Waals surface area contributed by atoms with Gasteiger partial charge >= 0.3 is 0 Å². The van der Waals surface area contributed by atoms with Gasteiger partial charge in [-0.25, -0.2) is 8.78 Å². The van der Waals surface area contributed by atoms with Gasteiger partial charge in [-0.1, -0.05) is 36.0 Å². The highest BCUT2D eigenvalue weighted by atomic mass is 79.9. The zero-order chi connectivity index (χ0) is 18.1. The number of halogens is 3. The Labute approximate surface area is 172 Å². The van der Waals surface area contributed by atoms with E-state index in [0.717, 1.165) is 42.2 Å². The van der Waals surface area contributed by atoms with E-state index in [0.29, 0.717) is 6.42 Å². The Morgan fingerprint density at radius 3 is 2.33 bits per heavy atom. The molecule has 1 saturated heterocycles. The third-order valence-corrected chi connectivity index (χ3v) is 6.37. The molecule has 7 heteroatoms. The van der Waals surface area contributed by atoms with Crippen molar-refractivity contribution in [3.05, 3.63) is 71.3 Å². The molecule has 0 aliphatic carbocycles. The van der Waals surface area contributed by atoms with E-state index in [-0.39, 0.29) is 33.9 Å². The number of hydrogen-bond donors (Lipinski definition) is 1. The van der Waals surface area contributed by atoms with E-state index >= 15 is 0 Å². The van der Waals surface area contributed by atoms with Crippen molar-refractivity contribution in [1.82, 2.24) is 4.90 Å². The van der Waals surface area contributed by atoms with Gasteiger partial charge in [-0.3, -0.25) is 4.99 Å². The number of nitrogens with zero attached hydrogens (tertiary/aromatic N) is 2. The maximum Gasteiger partial charge on any atom is 0.162 e. The summed E-state index contributed by atoms with van der Waals surface area (Å²) in [5.41, 5.74) is 0.521. The van der Waals surface area contributed by atoms with Crippen molar-refractivity contribution in [2.24, 2.45) is 4.99 Å². The predicted molar refractivity (Wildman–Crippen MR) is 110 cm³/mol. The smallest absolute Gasteiger partial charge is 0.162 e. The SMILES string of the molecule is Br.OC1(Cc2ccc(F)cc2)C(c2ccc(F)cc2)SC2=NCCCCN21. The minimum atomic E-state index is -1.19. The first-order chi connectivity index (χ1) is 12.6. The van der Waals surface area contributed by atoms with Gasteiger partial charge in [-0.15, -0.1) is 17.0 Å². The largest absolute Gasteiger partial charge is 0.369 e. The second kappa shape index (κ2) is 8.29. The minimum Gasteiger partial charge on any atom is -0.369 e. The molecule has 2 aromatic carbocycles. The lowest BCUT2D eigenvalue weighted by Crippen LogP contribution is -2.50. The average molecular weight is 455 g/mol. The monoisotopic (exact) mass is 454 g/mol. The fourth-order valence-electron chi connectivity index (χ4n) is 3.60. The van der Waals surface area contributed by atoms with E-state index in [1.54, 1.807) is 24.3 Å². The highest BCUT2D eigenvalue weighted by molar-refractivity contribution is 8.93. The fourth-order valence-corrected chi connectivity index (χ4v) is 5.05. The topological polar surface area (TPSA) is 35.8 Å². The zero-order valence-corrected chi connectivity index (χ0v) is 17.2. The Bertz CT molecular complexity index is 816. The first kappa shape index (κ1) is 20.3. The molecule has 2 aliphatic rings. The van der Waals surface area contributed by atoms with E-state index < -0.39 is 5.72 Å². The van der Waals surface area contributed by atoms with Gasteiger partial charge in [0.25, 0.3) is 0 Å². The zero-order valence-electron chi connectivity index (χ0n) is 14.6. The Morgan fingerprint density at radius 1 is 1.04 bits per heavy atom. The number of hydrogen-bond acceptors (Lipinski definition) is 4. The lowest BCUT2D eigenvalue weighted by atomic mass is 9.93. The highest BCUT2D eigenvalue weighted by Crippen LogP contribution is 2.51. The van der Waals surface area contributed by atoms with Crippen molar-refractivity contribution >= 4 is 33.9 Å². The number of benzene rings is 2. The average Bonchev–Trinajstić information content (AvgIpc) is 2.79. The molecule has 0 saturated carbocycles. The van der Waals surface area contributed by atoms with Crippen LogP contribution in [-0.4, -0.2) is 34.0 Å². The summed E-state index contributed by atoms with van der Waals surface area (Å²) in [5.74, 6) is -0.598. The van der Waals surface area contributed by atoms with Crippen molar-refractivity contribution in [3.8, 4) is 0 Å². The second-order valence-corrected chi connectivity index (χ2v) is 7.83. The number of thioether (sulfide) groups is 1. The summed E-state index contributed by atoms with van der Waals surface area (Å²) in [7, 11) is 0. The summed E-state index contributed by atoms with van der Waals surface area (Å²) < 4.78 is 26.6. The molecule has 0 spiro atoms. The molecule has 2 aliphatic heterocycles. The van der Waals surface area contributed by atoms with Crippen LogP contribution in [0.3, 0.4) is 0 Å². The van der Waals surface area contributed by atoms with Gasteiger partial charge in [0.15, 0.2) is 10.9 Å². The fraction of sp³-hybridized carbons (Fsp3) is 0.350. The molecule has 2 atom stereocenters. The summed E-state index contributed by atoms with van der Waals surface area (Å²) in [6, 6.07) is 12.5. The molecule has 0 radical (unpaired) electrons. The van der Waals surface area contributed by atoms with E-state index in [9.17, 15) is 13.9 Å². The van der Waals surface area contributed by atoms with Crippen molar-refractivity contribution in [1.29, 1.82) is 0 Å². The molecule has 0 bridgehead atoms. The molecule has 1 N–H and O–H groups in total. The van der Waals surface area contributed by atoms with Crippen molar-refractivity contribution in [2.45, 2.75) is 30.2 Å². The molecular formula is C20H21BrF2N2OS. The molecule has 4 rings (SSSR count). The summed E-state index contributed by atoms with van der Waals surface area (Å²) in [5, 5.41) is 12.3. The van der Waals surface area contributed by atoms with Crippen LogP contribution < -0.4 is 0 Å². The van der Waals surface area contributed by atoms with Crippen LogP contribution in [0.1, 0.15) is 29.2 Å². The Kier molecular flexibility index (Phi) is 6.23. The minimum absolute atomic E-state index is 0. The molecule has 27 heavy (non-hydrogen) atoms. The van der Waals surface area contributed by atoms with Crippen LogP contribution in [0.4, 0.5) is 8.78 Å². The standard InChI is InChI=1S/C20H20F2N2OS.BrH/c21-16-7-3-14(4-8-16)13-20(25)18(15-5-9-17(22)10-6-15)26-19-23-11-1-2-12-24(19)20;/h3-10,18,25H,1-2,11-13H2;1H. The van der Waals surface area contributed by atoms with Gasteiger partial charge in [0.1, 0.15) is 11.6 Å². The third-order valence-electron chi connectivity index (χ3n) is 4.93. The first-order valence-corrected chi connectivity index (χ1v) is 9.65. The maximum atomic E-state index is 13.4. The molecule has 3 nitrogen and oxygen atoms in total. The molecule has 0 amide bonds. The van der Waals surface area contributed by atoms with Gasteiger partial charge in [0.2, 0.25) is 0 Å². The lowest BCUT2D eigenvalue weighted by Gasteiger charge is -2.37. The Hall–Kier alpha value is -1.44. The molecule has 0 aromatic heterocycles. The summed E-state index contributed by atoms with van der Waals surface area (Å²) in [6.45, 7) is 1.48. The van der Waals surface area contributed by atoms with E-state index in [4.69, 9.17) is 0 Å². The second-order valence-electron chi connectivity index (χ2n) is 6.75. The van der Waals surface area contributed by atoms with Crippen LogP contribution in [0.5, 0.6) is 0 Å². The van der Waals surface area contributed by atoms with Gasteiger partial charge in [0.05, 0.1) is 5.25 Å². The predicted octanol–water partition coefficient (Wildman–Crippen LogP) is 4.71. The normalized spacial score (nSPS) is 24.6. The van der Waals surface area contributed by atoms with Gasteiger partial charge < -0.3 is 10.0 Å². The first-order valence-electron chi connectivity index (χ1n) is 8.77. The van der Waals surface area contributed by atoms with Gasteiger partial charge in [-0.2, -0.15) is 0 Å². The third kappa shape index (κ3) is 4.05. The highest BCUT2D eigenvalue weighted by Gasteiger charge is 2.52. The number of amidine groups is 1. The van der Waals surface area contributed by atoms with Gasteiger partial charge in [0, 0.05) is 19.5 Å². The summed E-state index contributed by atoms with van der Waals surface area (Å²) in [6.07, 6.45) is 2.30. The van der Waals surface area contributed by atoms with Gasteiger partial charge in [-0.05, 0) is 48.2 Å². The van der Waals surface area contributed by atoms with E-state index in [2.05, 4.69) is 4.99 Å². The van der Waals surface area contributed by atoms with Crippen molar-refractivity contribution < 1.29 is 13.9 Å². The van der Waals surface area contributed by atoms with Crippen LogP contribution in [0.15, 0.2) is 53.5 Å². The number of rotatable bonds is 3. The van der Waals surface area contributed by atoms with Crippen LogP contribution >= 0.6 is 28.7 Å². The molecule has 144 valence electrons. The van der Waals surface area contributed by atoms with Crippen LogP contribution in [0.25, 0.3) is 0 Å². The van der Waals surface area contributed by atoms with E-state index in [1.165, 1.54) is 36.0 Å². The van der Waals surface area contributed by atoms with Crippen molar-refractivity contribution in [3.63, 3.8) is 0 Å². The Morgan fingerprint density at radius 2 is 1.67 bits per heavy atom. The quantitative estimate of drug-likeness (QED) is 0.728. The summed E-state index contributed by atoms with van der Waals surface area (Å²) in [4.78, 5) is 6.62. The lowest BCUT2D eigenvalue weighted by molar-refractivity contribution is -0.0637. The number of aliphatic imine (C=N–C) groups is 1. The van der Waals surface area contributed by atoms with Crippen LogP contribution in [-0.2, 0) is 6.42 Å². The molecular weight excluding hydrogens is 434 g/mol.